The summed E-state index contributed by atoms with van der Waals surface area (Å²) in [6.45, 7) is 7.96. The molecule has 0 radical (unpaired) electrons. The van der Waals surface area contributed by atoms with Crippen molar-refractivity contribution >= 4 is 45.9 Å². The smallest absolute Gasteiger partial charge is 0.416 e. The number of nitrogens with zero attached hydrogens (tertiary/aromatic N) is 2. The molecule has 3 rings (SSSR count). The molecule has 2 aliphatic rings. The number of aliphatic carboxylic acids is 1. The fourth-order valence-corrected chi connectivity index (χ4v) is 5.12. The van der Waals surface area contributed by atoms with Gasteiger partial charge in [0.25, 0.3) is 5.91 Å². The Labute approximate surface area is 200 Å². The number of amides is 1. The second kappa shape index (κ2) is 9.13. The largest absolute Gasteiger partial charge is 0.480 e. The third kappa shape index (κ3) is 5.11. The number of benzene rings is 1. The van der Waals surface area contributed by atoms with Gasteiger partial charge in [0.05, 0.1) is 10.5 Å². The number of hydrogen-bond acceptors (Lipinski definition) is 5. The van der Waals surface area contributed by atoms with Gasteiger partial charge in [-0.2, -0.15) is 13.2 Å². The van der Waals surface area contributed by atoms with Gasteiger partial charge in [0.15, 0.2) is 0 Å². The third-order valence-electron chi connectivity index (χ3n) is 5.71. The van der Waals surface area contributed by atoms with Crippen LogP contribution in [0.1, 0.15) is 45.2 Å². The summed E-state index contributed by atoms with van der Waals surface area (Å²) < 4.78 is 40.3. The minimum atomic E-state index is -4.45. The van der Waals surface area contributed by atoms with Gasteiger partial charge in [-0.25, -0.2) is 0 Å². The first-order chi connectivity index (χ1) is 15.2. The molecule has 0 spiro atoms. The molecule has 0 aliphatic carbocycles. The highest BCUT2D eigenvalue weighted by molar-refractivity contribution is 8.26. The van der Waals surface area contributed by atoms with Crippen molar-refractivity contribution in [3.05, 3.63) is 52.1 Å². The van der Waals surface area contributed by atoms with Crippen molar-refractivity contribution in [1.29, 1.82) is 0 Å². The van der Waals surface area contributed by atoms with E-state index in [9.17, 15) is 22.8 Å². The van der Waals surface area contributed by atoms with Crippen molar-refractivity contribution in [3.8, 4) is 0 Å². The van der Waals surface area contributed by atoms with E-state index in [-0.39, 0.29) is 9.23 Å². The zero-order valence-electron chi connectivity index (χ0n) is 18.7. The number of anilines is 1. The van der Waals surface area contributed by atoms with Crippen LogP contribution in [-0.2, 0) is 21.2 Å². The Morgan fingerprint density at radius 1 is 1.24 bits per heavy atom. The fourth-order valence-electron chi connectivity index (χ4n) is 3.92. The molecule has 1 amide bonds. The van der Waals surface area contributed by atoms with Gasteiger partial charge in [0.2, 0.25) is 0 Å². The Morgan fingerprint density at radius 3 is 2.48 bits per heavy atom. The van der Waals surface area contributed by atoms with Gasteiger partial charge in [-0.05, 0) is 48.3 Å². The molecule has 0 unspecified atom stereocenters. The molecule has 10 heteroatoms. The van der Waals surface area contributed by atoms with Crippen molar-refractivity contribution in [1.82, 2.24) is 4.90 Å². The lowest BCUT2D eigenvalue weighted by atomic mass is 9.83. The molecule has 1 saturated heterocycles. The van der Waals surface area contributed by atoms with Crippen LogP contribution in [-0.4, -0.2) is 39.3 Å². The molecule has 5 nitrogen and oxygen atoms in total. The van der Waals surface area contributed by atoms with Gasteiger partial charge in [-0.1, -0.05) is 51.7 Å². The molecule has 178 valence electrons. The molecule has 0 saturated carbocycles. The van der Waals surface area contributed by atoms with Crippen LogP contribution >= 0.6 is 24.0 Å². The van der Waals surface area contributed by atoms with Crippen molar-refractivity contribution in [3.63, 3.8) is 0 Å². The second-order valence-electron chi connectivity index (χ2n) is 8.92. The van der Waals surface area contributed by atoms with Crippen molar-refractivity contribution in [2.24, 2.45) is 5.92 Å². The highest BCUT2D eigenvalue weighted by Crippen LogP contribution is 2.49. The standard InChI is InChI=1S/C23H25F3N2O3S2/c1-13(2)9-10-27-16-6-5-14(23(24,25)26)11-15(16)22(3,4)18(27)8-7-17-20(31)28(12-19(29)30)21(32)33-17/h5-8,11,13H,9-10,12H2,1-4H3,(H,29,30)/b17-7+,18-8-. The number of thioether (sulfide) groups is 1. The summed E-state index contributed by atoms with van der Waals surface area (Å²) >= 11 is 6.14. The summed E-state index contributed by atoms with van der Waals surface area (Å²) in [5, 5.41) is 9.00. The Bertz CT molecular complexity index is 1060. The van der Waals surface area contributed by atoms with E-state index in [0.717, 1.165) is 34.8 Å². The van der Waals surface area contributed by atoms with Crippen LogP contribution in [0.15, 0.2) is 41.0 Å². The van der Waals surface area contributed by atoms with E-state index in [1.807, 2.05) is 18.7 Å². The number of rotatable bonds is 6. The van der Waals surface area contributed by atoms with Crippen LogP contribution < -0.4 is 4.90 Å². The van der Waals surface area contributed by atoms with Crippen LogP contribution in [0.25, 0.3) is 0 Å². The maximum absolute atomic E-state index is 13.4. The van der Waals surface area contributed by atoms with E-state index < -0.39 is 35.6 Å². The SMILES string of the molecule is CC(C)CCN1/C(=C\C=C2\SC(=S)N(CC(=O)O)C2=O)C(C)(C)c2cc(C(F)(F)F)ccc21. The Kier molecular flexibility index (Phi) is 7.00. The van der Waals surface area contributed by atoms with Gasteiger partial charge in [-0.15, -0.1) is 0 Å². The first-order valence-corrected chi connectivity index (χ1v) is 11.6. The third-order valence-corrected chi connectivity index (χ3v) is 7.10. The topological polar surface area (TPSA) is 60.9 Å². The second-order valence-corrected chi connectivity index (χ2v) is 10.6. The first kappa shape index (κ1) is 25.3. The van der Waals surface area contributed by atoms with Crippen LogP contribution in [0, 0.1) is 5.92 Å². The number of halogens is 3. The lowest BCUT2D eigenvalue weighted by Gasteiger charge is -2.27. The van der Waals surface area contributed by atoms with E-state index in [0.29, 0.717) is 23.7 Å². The summed E-state index contributed by atoms with van der Waals surface area (Å²) in [7, 11) is 0. The number of thiocarbonyl (C=S) groups is 1. The maximum atomic E-state index is 13.4. The molecule has 0 aromatic heterocycles. The highest BCUT2D eigenvalue weighted by atomic mass is 32.2. The van der Waals surface area contributed by atoms with E-state index >= 15 is 0 Å². The summed E-state index contributed by atoms with van der Waals surface area (Å²) in [4.78, 5) is 26.9. The minimum Gasteiger partial charge on any atom is -0.480 e. The maximum Gasteiger partial charge on any atom is 0.416 e. The molecule has 1 fully saturated rings. The zero-order chi connectivity index (χ0) is 24.7. The van der Waals surface area contributed by atoms with Crippen LogP contribution in [0.2, 0.25) is 0 Å². The predicted molar refractivity (Wildman–Crippen MR) is 127 cm³/mol. The van der Waals surface area contributed by atoms with Gasteiger partial charge in [0.1, 0.15) is 10.9 Å². The number of carboxylic acid groups (broad SMARTS) is 1. The molecular weight excluding hydrogens is 473 g/mol. The molecule has 1 N–H and O–H groups in total. The van der Waals surface area contributed by atoms with Crippen LogP contribution in [0.5, 0.6) is 0 Å². The Balaban J connectivity index is 2.04. The average Bonchev–Trinajstić information content (AvgIpc) is 3.07. The average molecular weight is 499 g/mol. The lowest BCUT2D eigenvalue weighted by Crippen LogP contribution is -2.33. The van der Waals surface area contributed by atoms with Gasteiger partial charge in [-0.3, -0.25) is 14.5 Å². The van der Waals surface area contributed by atoms with E-state index in [4.69, 9.17) is 17.3 Å². The number of fused-ring (bicyclic) bond motifs is 1. The monoisotopic (exact) mass is 498 g/mol. The van der Waals surface area contributed by atoms with E-state index in [1.54, 1.807) is 12.2 Å². The summed E-state index contributed by atoms with van der Waals surface area (Å²) in [6, 6.07) is 3.80. The Hall–Kier alpha value is -2.33. The molecule has 0 atom stereocenters. The minimum absolute atomic E-state index is 0.160. The number of carbonyl (C=O) groups excluding carboxylic acids is 1. The lowest BCUT2D eigenvalue weighted by molar-refractivity contribution is -0.140. The number of allylic oxidation sites excluding steroid dienone is 3. The molecular formula is C23H25F3N2O3S2. The molecule has 33 heavy (non-hydrogen) atoms. The van der Waals surface area contributed by atoms with Gasteiger partial charge in [0, 0.05) is 23.3 Å². The van der Waals surface area contributed by atoms with Gasteiger partial charge >= 0.3 is 12.1 Å². The zero-order valence-corrected chi connectivity index (χ0v) is 20.3. The van der Waals surface area contributed by atoms with Crippen molar-refractivity contribution in [2.75, 3.05) is 18.0 Å². The van der Waals surface area contributed by atoms with E-state index in [1.165, 1.54) is 12.1 Å². The molecule has 2 aliphatic heterocycles. The quantitative estimate of drug-likeness (QED) is 0.409. The summed E-state index contributed by atoms with van der Waals surface area (Å²) in [6.07, 6.45) is -0.301. The highest BCUT2D eigenvalue weighted by Gasteiger charge is 2.42. The van der Waals surface area contributed by atoms with Gasteiger partial charge < -0.3 is 10.0 Å². The normalized spacial score (nSPS) is 20.5. The van der Waals surface area contributed by atoms with Crippen molar-refractivity contribution in [2.45, 2.75) is 45.7 Å². The molecule has 2 heterocycles. The molecule has 1 aromatic rings. The van der Waals surface area contributed by atoms with E-state index in [2.05, 4.69) is 13.8 Å². The number of carbonyl (C=O) groups is 2. The summed E-state index contributed by atoms with van der Waals surface area (Å²) in [5.74, 6) is -1.27. The molecule has 0 bridgehead atoms. The fraction of sp³-hybridized carbons (Fsp3) is 0.435. The van der Waals surface area contributed by atoms with Crippen LogP contribution in [0.4, 0.5) is 18.9 Å². The summed E-state index contributed by atoms with van der Waals surface area (Å²) in [5.41, 5.74) is 0.610. The molecule has 1 aromatic carbocycles. The number of hydrogen-bond donors (Lipinski definition) is 1. The number of alkyl halides is 3. The Morgan fingerprint density at radius 2 is 1.91 bits per heavy atom. The first-order valence-electron chi connectivity index (χ1n) is 10.4. The van der Waals surface area contributed by atoms with Crippen molar-refractivity contribution < 1.29 is 27.9 Å². The van der Waals surface area contributed by atoms with Crippen LogP contribution in [0.3, 0.4) is 0 Å². The number of carboxylic acids is 1. The predicted octanol–water partition coefficient (Wildman–Crippen LogP) is 5.56.